The zero-order chi connectivity index (χ0) is 32.6. The van der Waals surface area contributed by atoms with Gasteiger partial charge in [-0.15, -0.1) is 0 Å². The number of benzene rings is 4. The van der Waals surface area contributed by atoms with E-state index in [1.807, 2.05) is 50.2 Å². The molecule has 4 aromatic rings. The third-order valence-corrected chi connectivity index (χ3v) is 9.84. The number of rotatable bonds is 13. The second kappa shape index (κ2) is 15.4. The third-order valence-electron chi connectivity index (χ3n) is 7.58. The molecule has 4 rings (SSSR count). The maximum Gasteiger partial charge on any atom is 0.264 e. The van der Waals surface area contributed by atoms with Crippen LogP contribution in [-0.2, 0) is 32.6 Å². The molecule has 0 fully saturated rings. The lowest BCUT2D eigenvalue weighted by Gasteiger charge is -2.34. The average Bonchev–Trinajstić information content (AvgIpc) is 3.02. The molecule has 1 N–H and O–H groups in total. The van der Waals surface area contributed by atoms with Crippen LogP contribution in [0.4, 0.5) is 5.69 Å². The number of nitrogens with one attached hydrogen (secondary N) is 1. The lowest BCUT2D eigenvalue weighted by Crippen LogP contribution is -2.54. The maximum absolute atomic E-state index is 14.5. The summed E-state index contributed by atoms with van der Waals surface area (Å²) in [6.45, 7) is 5.14. The van der Waals surface area contributed by atoms with Gasteiger partial charge in [-0.3, -0.25) is 13.9 Å². The van der Waals surface area contributed by atoms with Gasteiger partial charge in [0.05, 0.1) is 10.6 Å². The zero-order valence-electron chi connectivity index (χ0n) is 25.5. The average molecular weight is 667 g/mol. The van der Waals surface area contributed by atoms with Crippen LogP contribution in [0.3, 0.4) is 0 Å². The summed E-state index contributed by atoms with van der Waals surface area (Å²) in [6.07, 6.45) is 0.927. The normalized spacial score (nSPS) is 12.6. The maximum atomic E-state index is 14.5. The fourth-order valence-electron chi connectivity index (χ4n) is 4.92. The molecule has 0 saturated heterocycles. The van der Waals surface area contributed by atoms with Crippen LogP contribution in [0.25, 0.3) is 0 Å². The number of sulfonamides is 1. The molecule has 0 aliphatic carbocycles. The number of amides is 2. The third kappa shape index (κ3) is 8.87. The van der Waals surface area contributed by atoms with E-state index in [9.17, 15) is 18.0 Å². The number of carbonyl (C=O) groups excluding carboxylic acids is 2. The summed E-state index contributed by atoms with van der Waals surface area (Å²) in [5, 5.41) is 3.90. The number of para-hydroxylation sites is 1. The zero-order valence-corrected chi connectivity index (χ0v) is 27.8. The van der Waals surface area contributed by atoms with Crippen molar-refractivity contribution < 1.29 is 18.0 Å². The van der Waals surface area contributed by atoms with Crippen LogP contribution < -0.4 is 9.62 Å². The number of hydrogen-bond acceptors (Lipinski definition) is 4. The van der Waals surface area contributed by atoms with E-state index in [1.54, 1.807) is 49.4 Å². The van der Waals surface area contributed by atoms with Crippen LogP contribution in [0.2, 0.25) is 10.0 Å². The smallest absolute Gasteiger partial charge is 0.264 e. The summed E-state index contributed by atoms with van der Waals surface area (Å²) in [5.74, 6) is -0.873. The van der Waals surface area contributed by atoms with Crippen LogP contribution >= 0.6 is 23.2 Å². The van der Waals surface area contributed by atoms with Crippen molar-refractivity contribution in [1.82, 2.24) is 10.2 Å². The Balaban J connectivity index is 1.82. The SMILES string of the molecule is CC[C@H](C)NC(=O)[C@H](Cc1ccccc1)N(Cc1cccc(Cl)c1)C(=O)CN(c1ccccc1C)S(=O)(=O)c1ccc(Cl)cc1. The van der Waals surface area contributed by atoms with Crippen molar-refractivity contribution in [3.63, 3.8) is 0 Å². The van der Waals surface area contributed by atoms with Crippen molar-refractivity contribution in [3.8, 4) is 0 Å². The number of carbonyl (C=O) groups is 2. The van der Waals surface area contributed by atoms with Gasteiger partial charge in [0.2, 0.25) is 11.8 Å². The Morgan fingerprint density at radius 1 is 0.822 bits per heavy atom. The highest BCUT2D eigenvalue weighted by atomic mass is 35.5. The Kier molecular flexibility index (Phi) is 11.7. The molecule has 0 saturated carbocycles. The Bertz CT molecular complexity index is 1720. The molecule has 4 aromatic carbocycles. The van der Waals surface area contributed by atoms with Gasteiger partial charge in [-0.1, -0.05) is 90.8 Å². The van der Waals surface area contributed by atoms with E-state index < -0.39 is 28.5 Å². The van der Waals surface area contributed by atoms with Crippen molar-refractivity contribution in [1.29, 1.82) is 0 Å². The highest BCUT2D eigenvalue weighted by molar-refractivity contribution is 7.92. The van der Waals surface area contributed by atoms with E-state index in [0.717, 1.165) is 9.87 Å². The molecule has 0 bridgehead atoms. The second-order valence-electron chi connectivity index (χ2n) is 10.9. The second-order valence-corrected chi connectivity index (χ2v) is 13.7. The minimum absolute atomic E-state index is 0.0142. The summed E-state index contributed by atoms with van der Waals surface area (Å²) >= 11 is 12.4. The van der Waals surface area contributed by atoms with Crippen molar-refractivity contribution >= 4 is 50.7 Å². The molecule has 0 aliphatic heterocycles. The first-order valence-corrected chi connectivity index (χ1v) is 16.9. The molecule has 2 atom stereocenters. The van der Waals surface area contributed by atoms with Crippen molar-refractivity contribution in [2.75, 3.05) is 10.8 Å². The van der Waals surface area contributed by atoms with E-state index >= 15 is 0 Å². The minimum Gasteiger partial charge on any atom is -0.352 e. The lowest BCUT2D eigenvalue weighted by atomic mass is 10.0. The Morgan fingerprint density at radius 3 is 2.11 bits per heavy atom. The highest BCUT2D eigenvalue weighted by Gasteiger charge is 2.35. The molecule has 45 heavy (non-hydrogen) atoms. The molecule has 0 aromatic heterocycles. The van der Waals surface area contributed by atoms with Crippen molar-refractivity contribution in [2.45, 2.75) is 57.1 Å². The quantitative estimate of drug-likeness (QED) is 0.166. The number of hydrogen-bond donors (Lipinski definition) is 1. The molecule has 0 aliphatic rings. The van der Waals surface area contributed by atoms with E-state index in [2.05, 4.69) is 5.32 Å². The topological polar surface area (TPSA) is 86.8 Å². The number of halogens is 2. The molecule has 236 valence electrons. The molecule has 10 heteroatoms. The predicted molar refractivity (Wildman–Crippen MR) is 181 cm³/mol. The summed E-state index contributed by atoms with van der Waals surface area (Å²) < 4.78 is 29.4. The van der Waals surface area contributed by atoms with Crippen molar-refractivity contribution in [3.05, 3.63) is 130 Å². The number of aryl methyl sites for hydroxylation is 1. The van der Waals surface area contributed by atoms with Gasteiger partial charge in [0, 0.05) is 29.1 Å². The van der Waals surface area contributed by atoms with Gasteiger partial charge < -0.3 is 10.2 Å². The Hall–Kier alpha value is -3.85. The standard InChI is InChI=1S/C35H37Cl2N3O4S/c1-4-26(3)38-35(42)33(22-27-12-6-5-7-13-27)39(23-28-14-10-15-30(37)21-28)34(41)24-40(32-16-9-8-11-25(32)2)45(43,44)31-19-17-29(36)18-20-31/h5-21,26,33H,4,22-24H2,1-3H3,(H,38,42)/t26-,33-/m0/s1. The van der Waals surface area contributed by atoms with Crippen LogP contribution in [0.5, 0.6) is 0 Å². The molecule has 0 spiro atoms. The molecule has 2 amide bonds. The molecule has 0 heterocycles. The lowest BCUT2D eigenvalue weighted by molar-refractivity contribution is -0.140. The van der Waals surface area contributed by atoms with E-state index in [-0.39, 0.29) is 29.8 Å². The van der Waals surface area contributed by atoms with Gasteiger partial charge in [-0.25, -0.2) is 8.42 Å². The van der Waals surface area contributed by atoms with Crippen molar-refractivity contribution in [2.24, 2.45) is 0 Å². The monoisotopic (exact) mass is 665 g/mol. The fourth-order valence-corrected chi connectivity index (χ4v) is 6.74. The molecule has 0 radical (unpaired) electrons. The summed E-state index contributed by atoms with van der Waals surface area (Å²) in [7, 11) is -4.22. The molecular formula is C35H37Cl2N3O4S. The van der Waals surface area contributed by atoms with Crippen LogP contribution in [0.1, 0.15) is 37.0 Å². The first-order chi connectivity index (χ1) is 21.5. The molecular weight excluding hydrogens is 629 g/mol. The Labute approximate surface area is 275 Å². The van der Waals surface area contributed by atoms with E-state index in [0.29, 0.717) is 33.3 Å². The molecule has 0 unspecified atom stereocenters. The van der Waals surface area contributed by atoms with Gasteiger partial charge >= 0.3 is 0 Å². The van der Waals surface area contributed by atoms with Gasteiger partial charge in [-0.05, 0) is 79.4 Å². The first-order valence-electron chi connectivity index (χ1n) is 14.7. The van der Waals surface area contributed by atoms with Gasteiger partial charge in [0.15, 0.2) is 0 Å². The van der Waals surface area contributed by atoms with Crippen LogP contribution in [0.15, 0.2) is 108 Å². The summed E-state index contributed by atoms with van der Waals surface area (Å²) in [4.78, 5) is 29.9. The molecule has 7 nitrogen and oxygen atoms in total. The van der Waals surface area contributed by atoms with Gasteiger partial charge in [-0.2, -0.15) is 0 Å². The highest BCUT2D eigenvalue weighted by Crippen LogP contribution is 2.28. The van der Waals surface area contributed by atoms with Crippen LogP contribution in [0, 0.1) is 6.92 Å². The largest absolute Gasteiger partial charge is 0.352 e. The minimum atomic E-state index is -4.22. The van der Waals surface area contributed by atoms with E-state index in [1.165, 1.54) is 29.2 Å². The van der Waals surface area contributed by atoms with Gasteiger partial charge in [0.25, 0.3) is 10.0 Å². The first kappa shape index (κ1) is 34.0. The van der Waals surface area contributed by atoms with Crippen LogP contribution in [-0.4, -0.2) is 43.8 Å². The summed E-state index contributed by atoms with van der Waals surface area (Å²) in [5.41, 5.74) is 2.58. The summed E-state index contributed by atoms with van der Waals surface area (Å²) in [6, 6.07) is 28.2. The number of nitrogens with zero attached hydrogens (tertiary/aromatic N) is 2. The Morgan fingerprint density at radius 2 is 1.47 bits per heavy atom. The van der Waals surface area contributed by atoms with Gasteiger partial charge in [0.1, 0.15) is 12.6 Å². The predicted octanol–water partition coefficient (Wildman–Crippen LogP) is 7.05. The van der Waals surface area contributed by atoms with E-state index in [4.69, 9.17) is 23.2 Å². The number of anilines is 1. The fraction of sp³-hybridized carbons (Fsp3) is 0.257.